The van der Waals surface area contributed by atoms with E-state index in [4.69, 9.17) is 0 Å². The van der Waals surface area contributed by atoms with E-state index in [0.717, 1.165) is 28.4 Å². The van der Waals surface area contributed by atoms with Crippen LogP contribution in [0.25, 0.3) is 31.3 Å². The normalized spacial score (nSPS) is 11.1. The van der Waals surface area contributed by atoms with E-state index < -0.39 is 0 Å². The lowest BCUT2D eigenvalue weighted by atomic mass is 10.0. The van der Waals surface area contributed by atoms with Crippen LogP contribution in [0.5, 0.6) is 0 Å². The Morgan fingerprint density at radius 3 is 1.77 bits per heavy atom. The van der Waals surface area contributed by atoms with Crippen LogP contribution in [0.15, 0.2) is 152 Å². The van der Waals surface area contributed by atoms with Gasteiger partial charge in [-0.25, -0.2) is 0 Å². The molecule has 0 aliphatic heterocycles. The second kappa shape index (κ2) is 10.1. The zero-order chi connectivity index (χ0) is 26.0. The molecule has 0 bridgehead atoms. The maximum Gasteiger partial charge on any atom is 0.0467 e. The van der Waals surface area contributed by atoms with E-state index in [0.29, 0.717) is 0 Å². The fourth-order valence-electron chi connectivity index (χ4n) is 5.15. The highest BCUT2D eigenvalue weighted by molar-refractivity contribution is 7.25. The van der Waals surface area contributed by atoms with Crippen molar-refractivity contribution in [3.8, 4) is 11.1 Å². The summed E-state index contributed by atoms with van der Waals surface area (Å²) in [5.74, 6) is 0. The molecule has 0 spiro atoms. The number of nitrogens with zero attached hydrogens (tertiary/aromatic N) is 1. The number of para-hydroxylation sites is 3. The predicted octanol–water partition coefficient (Wildman–Crippen LogP) is 10.9. The SMILES string of the molecule is c1ccc(Nc2ccc3c(c2)sc2ccc(-c4cccc(N(c5ccccc5)c5ccccc5)c4)cc23)cc1. The lowest BCUT2D eigenvalue weighted by Crippen LogP contribution is -2.09. The first-order valence-corrected chi connectivity index (χ1v) is 13.9. The molecule has 0 amide bonds. The maximum atomic E-state index is 3.52. The molecule has 186 valence electrons. The first-order valence-electron chi connectivity index (χ1n) is 13.1. The van der Waals surface area contributed by atoms with E-state index >= 15 is 0 Å². The van der Waals surface area contributed by atoms with E-state index in [1.807, 2.05) is 17.4 Å². The summed E-state index contributed by atoms with van der Waals surface area (Å²) in [7, 11) is 0. The topological polar surface area (TPSA) is 15.3 Å². The number of nitrogens with one attached hydrogen (secondary N) is 1. The molecule has 3 heteroatoms. The van der Waals surface area contributed by atoms with Crippen LogP contribution in [0.4, 0.5) is 28.4 Å². The zero-order valence-electron chi connectivity index (χ0n) is 21.3. The highest BCUT2D eigenvalue weighted by Gasteiger charge is 2.13. The first-order chi connectivity index (χ1) is 19.3. The van der Waals surface area contributed by atoms with E-state index in [2.05, 4.69) is 156 Å². The second-order valence-electron chi connectivity index (χ2n) is 9.57. The van der Waals surface area contributed by atoms with Crippen LogP contribution in [-0.4, -0.2) is 0 Å². The summed E-state index contributed by atoms with van der Waals surface area (Å²) >= 11 is 1.84. The third-order valence-corrected chi connectivity index (χ3v) is 8.13. The van der Waals surface area contributed by atoms with E-state index in [-0.39, 0.29) is 0 Å². The van der Waals surface area contributed by atoms with Gasteiger partial charge < -0.3 is 10.2 Å². The Morgan fingerprint density at radius 1 is 0.410 bits per heavy atom. The van der Waals surface area contributed by atoms with Crippen molar-refractivity contribution >= 4 is 59.9 Å². The maximum absolute atomic E-state index is 3.52. The molecule has 0 atom stereocenters. The lowest BCUT2D eigenvalue weighted by molar-refractivity contribution is 1.28. The molecule has 0 aliphatic carbocycles. The van der Waals surface area contributed by atoms with Crippen molar-refractivity contribution in [2.24, 2.45) is 0 Å². The molecular weight excluding hydrogens is 492 g/mol. The van der Waals surface area contributed by atoms with Crippen LogP contribution < -0.4 is 10.2 Å². The molecule has 7 rings (SSSR count). The number of rotatable bonds is 6. The van der Waals surface area contributed by atoms with Crippen molar-refractivity contribution in [2.75, 3.05) is 10.2 Å². The van der Waals surface area contributed by atoms with E-state index in [9.17, 15) is 0 Å². The van der Waals surface area contributed by atoms with Gasteiger partial charge in [-0.05, 0) is 83.9 Å². The van der Waals surface area contributed by atoms with Crippen molar-refractivity contribution < 1.29 is 0 Å². The Hall–Kier alpha value is -4.86. The van der Waals surface area contributed by atoms with Gasteiger partial charge in [-0.15, -0.1) is 11.3 Å². The summed E-state index contributed by atoms with van der Waals surface area (Å²) in [4.78, 5) is 2.31. The lowest BCUT2D eigenvalue weighted by Gasteiger charge is -2.25. The van der Waals surface area contributed by atoms with Gasteiger partial charge in [0, 0.05) is 48.6 Å². The third-order valence-electron chi connectivity index (χ3n) is 7.00. The molecule has 0 saturated heterocycles. The summed E-state index contributed by atoms with van der Waals surface area (Å²) in [6.45, 7) is 0. The molecule has 0 fully saturated rings. The predicted molar refractivity (Wildman–Crippen MR) is 169 cm³/mol. The molecule has 1 heterocycles. The Labute approximate surface area is 232 Å². The Morgan fingerprint density at radius 2 is 1.05 bits per heavy atom. The largest absolute Gasteiger partial charge is 0.355 e. The minimum absolute atomic E-state index is 1.10. The van der Waals surface area contributed by atoms with E-state index in [1.54, 1.807) is 0 Å². The van der Waals surface area contributed by atoms with Gasteiger partial charge in [0.05, 0.1) is 0 Å². The van der Waals surface area contributed by atoms with Crippen molar-refractivity contribution in [3.63, 3.8) is 0 Å². The van der Waals surface area contributed by atoms with Crippen molar-refractivity contribution in [1.29, 1.82) is 0 Å². The first kappa shape index (κ1) is 23.3. The monoisotopic (exact) mass is 518 g/mol. The highest BCUT2D eigenvalue weighted by Crippen LogP contribution is 2.40. The smallest absolute Gasteiger partial charge is 0.0467 e. The standard InChI is InChI=1S/C36H26N2S/c1-4-12-28(13-5-1)37-29-20-21-33-34-24-27(19-22-35(34)39-36(33)25-29)26-11-10-18-32(23-26)38(30-14-6-2-7-15-30)31-16-8-3-9-17-31/h1-25,37H. The van der Waals surface area contributed by atoms with Crippen LogP contribution in [0.1, 0.15) is 0 Å². The molecule has 0 radical (unpaired) electrons. The van der Waals surface area contributed by atoms with Crippen LogP contribution in [-0.2, 0) is 0 Å². The molecule has 1 aromatic heterocycles. The van der Waals surface area contributed by atoms with Crippen LogP contribution >= 0.6 is 11.3 Å². The summed E-state index contributed by atoms with van der Waals surface area (Å²) in [5, 5.41) is 6.11. The molecule has 39 heavy (non-hydrogen) atoms. The van der Waals surface area contributed by atoms with Crippen LogP contribution in [0, 0.1) is 0 Å². The Kier molecular flexibility index (Phi) is 6.04. The fourth-order valence-corrected chi connectivity index (χ4v) is 6.27. The van der Waals surface area contributed by atoms with Gasteiger partial charge in [0.25, 0.3) is 0 Å². The van der Waals surface area contributed by atoms with Crippen molar-refractivity contribution in [3.05, 3.63) is 152 Å². The third kappa shape index (κ3) is 4.65. The second-order valence-corrected chi connectivity index (χ2v) is 10.7. The number of hydrogen-bond donors (Lipinski definition) is 1. The molecule has 0 aliphatic rings. The molecular formula is C36H26N2S. The molecule has 6 aromatic carbocycles. The minimum atomic E-state index is 1.10. The van der Waals surface area contributed by atoms with Crippen molar-refractivity contribution in [2.45, 2.75) is 0 Å². The average Bonchev–Trinajstić information content (AvgIpc) is 3.36. The zero-order valence-corrected chi connectivity index (χ0v) is 22.1. The summed E-state index contributed by atoms with van der Waals surface area (Å²) in [6, 6.07) is 53.8. The number of hydrogen-bond acceptors (Lipinski definition) is 3. The van der Waals surface area contributed by atoms with Gasteiger partial charge in [0.2, 0.25) is 0 Å². The molecule has 0 saturated carbocycles. The van der Waals surface area contributed by atoms with Crippen LogP contribution in [0.3, 0.4) is 0 Å². The van der Waals surface area contributed by atoms with Crippen LogP contribution in [0.2, 0.25) is 0 Å². The van der Waals surface area contributed by atoms with Gasteiger partial charge in [0.15, 0.2) is 0 Å². The highest BCUT2D eigenvalue weighted by atomic mass is 32.1. The Bertz CT molecular complexity index is 1840. The van der Waals surface area contributed by atoms with Gasteiger partial charge in [-0.2, -0.15) is 0 Å². The number of benzene rings is 6. The average molecular weight is 519 g/mol. The van der Waals surface area contributed by atoms with Gasteiger partial charge in [-0.3, -0.25) is 0 Å². The molecule has 0 unspecified atom stereocenters. The number of anilines is 5. The summed E-state index contributed by atoms with van der Waals surface area (Å²) in [6.07, 6.45) is 0. The van der Waals surface area contributed by atoms with Gasteiger partial charge >= 0.3 is 0 Å². The Balaban J connectivity index is 1.27. The quantitative estimate of drug-likeness (QED) is 0.235. The van der Waals surface area contributed by atoms with Gasteiger partial charge in [0.1, 0.15) is 0 Å². The fraction of sp³-hybridized carbons (Fsp3) is 0. The van der Waals surface area contributed by atoms with Gasteiger partial charge in [-0.1, -0.05) is 78.9 Å². The summed E-state index contributed by atoms with van der Waals surface area (Å²) < 4.78 is 2.59. The minimum Gasteiger partial charge on any atom is -0.355 e. The number of thiophene rings is 1. The summed E-state index contributed by atoms with van der Waals surface area (Å²) in [5.41, 5.74) is 8.04. The molecule has 2 nitrogen and oxygen atoms in total. The molecule has 7 aromatic rings. The van der Waals surface area contributed by atoms with E-state index in [1.165, 1.54) is 31.3 Å². The van der Waals surface area contributed by atoms with Crippen molar-refractivity contribution in [1.82, 2.24) is 0 Å². The molecule has 1 N–H and O–H groups in total. The number of fused-ring (bicyclic) bond motifs is 3.